The zero-order valence-electron chi connectivity index (χ0n) is 11.6. The van der Waals surface area contributed by atoms with E-state index in [4.69, 9.17) is 4.74 Å². The number of hydrogen-bond acceptors (Lipinski definition) is 5. The minimum Gasteiger partial charge on any atom is -0.381 e. The maximum atomic E-state index is 12.1. The van der Waals surface area contributed by atoms with Crippen LogP contribution in [0.15, 0.2) is 24.5 Å². The molecule has 0 spiro atoms. The normalized spacial score (nSPS) is 13.3. The number of methoxy groups -OCH3 is 1. The zero-order chi connectivity index (χ0) is 14.8. The molecule has 20 heavy (non-hydrogen) atoms. The van der Waals surface area contributed by atoms with Crippen molar-refractivity contribution in [3.8, 4) is 0 Å². The van der Waals surface area contributed by atoms with Crippen LogP contribution in [0.3, 0.4) is 0 Å². The third-order valence-corrected chi connectivity index (χ3v) is 4.39. The van der Waals surface area contributed by atoms with E-state index in [-0.39, 0.29) is 11.9 Å². The minimum atomic E-state index is -3.52. The van der Waals surface area contributed by atoms with Gasteiger partial charge in [0.2, 0.25) is 10.0 Å². The van der Waals surface area contributed by atoms with Crippen LogP contribution in [-0.2, 0) is 14.8 Å². The summed E-state index contributed by atoms with van der Waals surface area (Å²) in [6, 6.07) is 5.58. The lowest BCUT2D eigenvalue weighted by atomic mass is 10.1. The van der Waals surface area contributed by atoms with Crippen LogP contribution in [0.2, 0.25) is 0 Å². The quantitative estimate of drug-likeness (QED) is 0.908. The average molecular weight is 295 g/mol. The molecule has 0 radical (unpaired) electrons. The lowest BCUT2D eigenvalue weighted by Crippen LogP contribution is -2.26. The average Bonchev–Trinajstić information content (AvgIpc) is 2.38. The number of sulfonamides is 1. The Hall–Kier alpha value is -1.73. The van der Waals surface area contributed by atoms with Crippen molar-refractivity contribution < 1.29 is 13.2 Å². The van der Waals surface area contributed by atoms with Crippen molar-refractivity contribution in [2.75, 3.05) is 17.6 Å². The van der Waals surface area contributed by atoms with Gasteiger partial charge >= 0.3 is 0 Å². The fraction of sp³-hybridized carbons (Fsp3) is 0.385. The topological polar surface area (TPSA) is 81.2 Å². The van der Waals surface area contributed by atoms with E-state index in [2.05, 4.69) is 14.7 Å². The molecule has 2 rings (SSSR count). The van der Waals surface area contributed by atoms with Crippen LogP contribution in [0.4, 0.5) is 5.82 Å². The Bertz CT molecular complexity index is 711. The predicted octanol–water partition coefficient (Wildman–Crippen LogP) is 1.71. The highest BCUT2D eigenvalue weighted by atomic mass is 32.2. The minimum absolute atomic E-state index is 0.124. The smallest absolute Gasteiger partial charge is 0.236 e. The van der Waals surface area contributed by atoms with Crippen molar-refractivity contribution in [1.29, 1.82) is 0 Å². The fourth-order valence-electron chi connectivity index (χ4n) is 1.92. The van der Waals surface area contributed by atoms with Gasteiger partial charge in [0.25, 0.3) is 0 Å². The highest BCUT2D eigenvalue weighted by Crippen LogP contribution is 2.23. The third kappa shape index (κ3) is 3.23. The third-order valence-electron chi connectivity index (χ3n) is 2.98. The molecule has 0 amide bonds. The molecule has 0 saturated heterocycles. The number of rotatable bonds is 5. The molecule has 1 unspecified atom stereocenters. The summed E-state index contributed by atoms with van der Waals surface area (Å²) in [5, 5.41) is 0.712. The van der Waals surface area contributed by atoms with E-state index in [0.29, 0.717) is 16.7 Å². The van der Waals surface area contributed by atoms with Gasteiger partial charge in [-0.3, -0.25) is 4.72 Å². The van der Waals surface area contributed by atoms with Gasteiger partial charge in [-0.2, -0.15) is 0 Å². The van der Waals surface area contributed by atoms with Gasteiger partial charge in [0.05, 0.1) is 17.4 Å². The van der Waals surface area contributed by atoms with Crippen molar-refractivity contribution in [2.24, 2.45) is 0 Å². The predicted molar refractivity (Wildman–Crippen MR) is 78.2 cm³/mol. The summed E-state index contributed by atoms with van der Waals surface area (Å²) in [5.41, 5.74) is 1.62. The van der Waals surface area contributed by atoms with E-state index in [0.717, 1.165) is 5.56 Å². The number of ether oxygens (including phenoxy) is 1. The SMILES string of the molecule is COC(C)CS(=O)(=O)Nc1ncnc2cccc(C)c12. The number of fused-ring (bicyclic) bond motifs is 1. The second-order valence-corrected chi connectivity index (χ2v) is 6.39. The van der Waals surface area contributed by atoms with Crippen LogP contribution in [-0.4, -0.2) is 37.4 Å². The summed E-state index contributed by atoms with van der Waals surface area (Å²) in [6.07, 6.45) is 0.959. The first-order valence-electron chi connectivity index (χ1n) is 6.16. The Labute approximate surface area is 118 Å². The molecule has 1 N–H and O–H groups in total. The first kappa shape index (κ1) is 14.7. The van der Waals surface area contributed by atoms with Gasteiger partial charge in [0, 0.05) is 12.5 Å². The molecule has 1 heterocycles. The van der Waals surface area contributed by atoms with E-state index in [1.54, 1.807) is 6.92 Å². The highest BCUT2D eigenvalue weighted by molar-refractivity contribution is 7.92. The molecule has 0 aliphatic carbocycles. The molecule has 6 nitrogen and oxygen atoms in total. The largest absolute Gasteiger partial charge is 0.381 e. The van der Waals surface area contributed by atoms with Gasteiger partial charge in [-0.15, -0.1) is 0 Å². The zero-order valence-corrected chi connectivity index (χ0v) is 12.4. The van der Waals surface area contributed by atoms with Gasteiger partial charge in [-0.1, -0.05) is 12.1 Å². The number of nitrogens with zero attached hydrogens (tertiary/aromatic N) is 2. The number of aromatic nitrogens is 2. The van der Waals surface area contributed by atoms with Gasteiger partial charge < -0.3 is 4.74 Å². The Morgan fingerprint density at radius 1 is 1.35 bits per heavy atom. The van der Waals surface area contributed by atoms with Crippen LogP contribution in [0.25, 0.3) is 10.9 Å². The summed E-state index contributed by atoms with van der Waals surface area (Å²) >= 11 is 0. The summed E-state index contributed by atoms with van der Waals surface area (Å²) in [5.74, 6) is 0.178. The Kier molecular flexibility index (Phi) is 4.20. The van der Waals surface area contributed by atoms with E-state index < -0.39 is 10.0 Å². The van der Waals surface area contributed by atoms with Crippen molar-refractivity contribution >= 4 is 26.7 Å². The van der Waals surface area contributed by atoms with Gasteiger partial charge in [0.15, 0.2) is 5.82 Å². The second-order valence-electron chi connectivity index (χ2n) is 4.62. The molecular formula is C13H17N3O3S. The van der Waals surface area contributed by atoms with Crippen LogP contribution in [0, 0.1) is 6.92 Å². The van der Waals surface area contributed by atoms with Crippen molar-refractivity contribution in [1.82, 2.24) is 9.97 Å². The lowest BCUT2D eigenvalue weighted by molar-refractivity contribution is 0.136. The molecule has 1 aromatic heterocycles. The summed E-state index contributed by atoms with van der Waals surface area (Å²) in [7, 11) is -2.04. The molecule has 0 bridgehead atoms. The van der Waals surface area contributed by atoms with E-state index >= 15 is 0 Å². The molecule has 2 aromatic rings. The fourth-order valence-corrected chi connectivity index (χ4v) is 3.21. The molecule has 7 heteroatoms. The standard InChI is InChI=1S/C13H17N3O3S/c1-9-5-4-6-11-12(9)13(15-8-14-11)16-20(17,18)7-10(2)19-3/h4-6,8,10H,7H2,1-3H3,(H,14,15,16). The highest BCUT2D eigenvalue weighted by Gasteiger charge is 2.18. The van der Waals surface area contributed by atoms with Crippen molar-refractivity contribution in [3.05, 3.63) is 30.1 Å². The number of aryl methyl sites for hydroxylation is 1. The molecular weight excluding hydrogens is 278 g/mol. The van der Waals surface area contributed by atoms with Crippen LogP contribution < -0.4 is 4.72 Å². The monoisotopic (exact) mass is 295 g/mol. The van der Waals surface area contributed by atoms with Gasteiger partial charge in [-0.25, -0.2) is 18.4 Å². The van der Waals surface area contributed by atoms with E-state index in [9.17, 15) is 8.42 Å². The number of nitrogens with one attached hydrogen (secondary N) is 1. The van der Waals surface area contributed by atoms with Crippen LogP contribution >= 0.6 is 0 Å². The Balaban J connectivity index is 2.40. The van der Waals surface area contributed by atoms with Crippen molar-refractivity contribution in [2.45, 2.75) is 20.0 Å². The Morgan fingerprint density at radius 2 is 2.10 bits per heavy atom. The lowest BCUT2D eigenvalue weighted by Gasteiger charge is -2.13. The maximum Gasteiger partial charge on any atom is 0.236 e. The first-order chi connectivity index (χ1) is 9.43. The molecule has 0 aliphatic rings. The number of benzene rings is 1. The first-order valence-corrected chi connectivity index (χ1v) is 7.82. The molecule has 108 valence electrons. The molecule has 1 atom stereocenters. The van der Waals surface area contributed by atoms with E-state index in [1.165, 1.54) is 13.4 Å². The van der Waals surface area contributed by atoms with Crippen LogP contribution in [0.1, 0.15) is 12.5 Å². The Morgan fingerprint density at radius 3 is 2.80 bits per heavy atom. The molecule has 1 aromatic carbocycles. The number of anilines is 1. The van der Waals surface area contributed by atoms with Crippen molar-refractivity contribution in [3.63, 3.8) is 0 Å². The molecule has 0 fully saturated rings. The summed E-state index contributed by atoms with van der Waals surface area (Å²) in [6.45, 7) is 3.59. The van der Waals surface area contributed by atoms with E-state index in [1.807, 2.05) is 25.1 Å². The summed E-state index contributed by atoms with van der Waals surface area (Å²) < 4.78 is 31.6. The van der Waals surface area contributed by atoms with Gasteiger partial charge in [0.1, 0.15) is 6.33 Å². The summed E-state index contributed by atoms with van der Waals surface area (Å²) in [4.78, 5) is 8.18. The molecule has 0 saturated carbocycles. The number of hydrogen-bond donors (Lipinski definition) is 1. The van der Waals surface area contributed by atoms with Gasteiger partial charge in [-0.05, 0) is 25.5 Å². The second kappa shape index (κ2) is 5.72. The molecule has 0 aliphatic heterocycles. The van der Waals surface area contributed by atoms with Crippen LogP contribution in [0.5, 0.6) is 0 Å². The maximum absolute atomic E-state index is 12.1.